The highest BCUT2D eigenvalue weighted by molar-refractivity contribution is 7.89. The largest absolute Gasteiger partial charge is 0.454 e. The number of anilines is 1. The number of benzene rings is 3. The van der Waals surface area contributed by atoms with Crippen LogP contribution >= 0.6 is 0 Å². The molecule has 0 radical (unpaired) electrons. The molecule has 3 aromatic carbocycles. The Labute approximate surface area is 226 Å². The summed E-state index contributed by atoms with van der Waals surface area (Å²) < 4.78 is 45.0. The van der Waals surface area contributed by atoms with Gasteiger partial charge in [-0.3, -0.25) is 4.79 Å². The Kier molecular flexibility index (Phi) is 6.64. The van der Waals surface area contributed by atoms with Crippen molar-refractivity contribution >= 4 is 27.5 Å². The molecule has 1 heterocycles. The number of ether oxygens (including phenoxy) is 1. The fraction of sp³-hybridized carbons (Fsp3) is 0.200. The number of sulfone groups is 1. The van der Waals surface area contributed by atoms with Crippen LogP contribution in [0.2, 0.25) is 0 Å². The lowest BCUT2D eigenvalue weighted by atomic mass is 10.0. The Balaban J connectivity index is 1.41. The highest BCUT2D eigenvalue weighted by Gasteiger charge is 2.25. The second-order valence-corrected chi connectivity index (χ2v) is 12.1. The van der Waals surface area contributed by atoms with Gasteiger partial charge >= 0.3 is 0 Å². The Morgan fingerprint density at radius 2 is 1.82 bits per heavy atom. The number of para-hydroxylation sites is 1. The molecule has 1 aromatic heterocycles. The van der Waals surface area contributed by atoms with Gasteiger partial charge in [0, 0.05) is 18.2 Å². The Bertz CT molecular complexity index is 1790. The van der Waals surface area contributed by atoms with Gasteiger partial charge in [0.2, 0.25) is 0 Å². The van der Waals surface area contributed by atoms with Crippen molar-refractivity contribution in [3.05, 3.63) is 105 Å². The standard InChI is InChI=1S/C30H28FN3O4S/c1-17-11-20-12-22(13-21(20)14-23(17)16-39(4,36)37)29(35)24-15-33-34(30(24)32)26-9-10-27(19(3)18(26)2)38-28-8-6-5-7-25(28)31/h5-12,14-15H,13,16,32H2,1-4H3. The van der Waals surface area contributed by atoms with Gasteiger partial charge in [0.15, 0.2) is 27.2 Å². The van der Waals surface area contributed by atoms with Gasteiger partial charge in [-0.25, -0.2) is 17.5 Å². The molecule has 0 aliphatic heterocycles. The molecule has 0 amide bonds. The summed E-state index contributed by atoms with van der Waals surface area (Å²) in [6, 6.07) is 13.5. The average Bonchev–Trinajstić information content (AvgIpc) is 3.45. The van der Waals surface area contributed by atoms with E-state index in [1.807, 2.05) is 39.0 Å². The average molecular weight is 546 g/mol. The SMILES string of the molecule is Cc1cc2c(cc1CS(C)(=O)=O)CC(C(=O)c1cnn(-c3ccc(Oc4ccccc4F)c(C)c3C)c1N)=C2. The van der Waals surface area contributed by atoms with E-state index in [1.165, 1.54) is 23.2 Å². The third kappa shape index (κ3) is 5.09. The zero-order valence-corrected chi connectivity index (χ0v) is 22.9. The highest BCUT2D eigenvalue weighted by atomic mass is 32.2. The van der Waals surface area contributed by atoms with E-state index in [9.17, 15) is 17.6 Å². The summed E-state index contributed by atoms with van der Waals surface area (Å²) >= 11 is 0. The van der Waals surface area contributed by atoms with Crippen LogP contribution in [0.5, 0.6) is 11.5 Å². The number of aryl methyl sites for hydroxylation is 1. The maximum absolute atomic E-state index is 14.1. The molecule has 2 N–H and O–H groups in total. The molecule has 9 heteroatoms. The third-order valence-corrected chi connectivity index (χ3v) is 7.90. The van der Waals surface area contributed by atoms with Crippen LogP contribution in [-0.4, -0.2) is 30.2 Å². The molecule has 200 valence electrons. The van der Waals surface area contributed by atoms with Crippen LogP contribution in [-0.2, 0) is 22.0 Å². The first-order valence-corrected chi connectivity index (χ1v) is 14.4. The summed E-state index contributed by atoms with van der Waals surface area (Å²) in [5.41, 5.74) is 13.0. The van der Waals surface area contributed by atoms with Gasteiger partial charge in [-0.2, -0.15) is 5.10 Å². The van der Waals surface area contributed by atoms with Gasteiger partial charge in [0.1, 0.15) is 11.6 Å². The van der Waals surface area contributed by atoms with E-state index >= 15 is 0 Å². The summed E-state index contributed by atoms with van der Waals surface area (Å²) in [4.78, 5) is 13.5. The fourth-order valence-electron chi connectivity index (χ4n) is 4.81. The minimum atomic E-state index is -3.18. The van der Waals surface area contributed by atoms with E-state index in [0.29, 0.717) is 23.4 Å². The van der Waals surface area contributed by atoms with Gasteiger partial charge in [0.05, 0.1) is 23.2 Å². The van der Waals surface area contributed by atoms with Crippen molar-refractivity contribution < 1.29 is 22.3 Å². The number of halogens is 1. The molecule has 0 unspecified atom stereocenters. The van der Waals surface area contributed by atoms with Gasteiger partial charge < -0.3 is 10.5 Å². The van der Waals surface area contributed by atoms with Crippen LogP contribution in [0.25, 0.3) is 11.8 Å². The molecular weight excluding hydrogens is 517 g/mol. The number of hydrogen-bond acceptors (Lipinski definition) is 6. The van der Waals surface area contributed by atoms with Gasteiger partial charge in [-0.05, 0) is 84.5 Å². The van der Waals surface area contributed by atoms with Gasteiger partial charge in [0.25, 0.3) is 0 Å². The molecule has 5 rings (SSSR count). The number of ketones is 1. The first-order valence-electron chi connectivity index (χ1n) is 12.3. The summed E-state index contributed by atoms with van der Waals surface area (Å²) in [7, 11) is -3.18. The van der Waals surface area contributed by atoms with E-state index in [0.717, 1.165) is 33.4 Å². The third-order valence-electron chi connectivity index (χ3n) is 7.06. The van der Waals surface area contributed by atoms with Crippen molar-refractivity contribution in [2.75, 3.05) is 12.0 Å². The maximum Gasteiger partial charge on any atom is 0.194 e. The fourth-order valence-corrected chi connectivity index (χ4v) is 5.68. The summed E-state index contributed by atoms with van der Waals surface area (Å²) in [6.07, 6.45) is 4.88. The number of fused-ring (bicyclic) bond motifs is 1. The van der Waals surface area contributed by atoms with Crippen molar-refractivity contribution in [3.63, 3.8) is 0 Å². The minimum Gasteiger partial charge on any atom is -0.454 e. The maximum atomic E-state index is 14.1. The molecule has 0 fully saturated rings. The Morgan fingerprint density at radius 1 is 1.08 bits per heavy atom. The monoisotopic (exact) mass is 545 g/mol. The molecular formula is C30H28FN3O4S. The first kappa shape index (κ1) is 26.4. The van der Waals surface area contributed by atoms with E-state index in [1.54, 1.807) is 30.3 Å². The first-order chi connectivity index (χ1) is 18.4. The summed E-state index contributed by atoms with van der Waals surface area (Å²) in [6.45, 7) is 5.61. The number of rotatable bonds is 7. The van der Waals surface area contributed by atoms with E-state index in [2.05, 4.69) is 5.10 Å². The smallest absolute Gasteiger partial charge is 0.194 e. The topological polar surface area (TPSA) is 104 Å². The lowest BCUT2D eigenvalue weighted by Gasteiger charge is -2.15. The van der Waals surface area contributed by atoms with Crippen LogP contribution in [0.1, 0.15) is 43.7 Å². The van der Waals surface area contributed by atoms with Gasteiger partial charge in [-0.1, -0.05) is 24.3 Å². The van der Waals surface area contributed by atoms with E-state index < -0.39 is 15.7 Å². The highest BCUT2D eigenvalue weighted by Crippen LogP contribution is 2.34. The molecule has 39 heavy (non-hydrogen) atoms. The molecule has 0 bridgehead atoms. The molecule has 0 atom stereocenters. The second kappa shape index (κ2) is 9.81. The van der Waals surface area contributed by atoms with Crippen LogP contribution in [0.3, 0.4) is 0 Å². The lowest BCUT2D eigenvalue weighted by molar-refractivity contribution is 0.103. The van der Waals surface area contributed by atoms with Crippen LogP contribution in [0.4, 0.5) is 10.2 Å². The second-order valence-electron chi connectivity index (χ2n) is 9.94. The normalized spacial score (nSPS) is 12.8. The van der Waals surface area contributed by atoms with E-state index in [-0.39, 0.29) is 28.7 Å². The lowest BCUT2D eigenvalue weighted by Crippen LogP contribution is -2.09. The number of nitrogens with two attached hydrogens (primary N) is 1. The van der Waals surface area contributed by atoms with Crippen LogP contribution in [0, 0.1) is 26.6 Å². The number of nitrogens with zero attached hydrogens (tertiary/aromatic N) is 2. The quantitative estimate of drug-likeness (QED) is 0.300. The summed E-state index contributed by atoms with van der Waals surface area (Å²) in [5.74, 6) is 0.106. The summed E-state index contributed by atoms with van der Waals surface area (Å²) in [5, 5.41) is 4.40. The molecule has 1 aliphatic rings. The predicted molar refractivity (Wildman–Crippen MR) is 150 cm³/mol. The van der Waals surface area contributed by atoms with Gasteiger partial charge in [-0.15, -0.1) is 0 Å². The van der Waals surface area contributed by atoms with Crippen LogP contribution < -0.4 is 10.5 Å². The number of allylic oxidation sites excluding steroid dienone is 1. The molecule has 1 aliphatic carbocycles. The van der Waals surface area contributed by atoms with Crippen molar-refractivity contribution in [2.24, 2.45) is 0 Å². The Hall–Kier alpha value is -4.24. The number of Topliss-reactive ketones (excluding diaryl/α,β-unsaturated/α-hetero) is 1. The van der Waals surface area contributed by atoms with Crippen molar-refractivity contribution in [2.45, 2.75) is 32.9 Å². The number of nitrogen functional groups attached to an aromatic ring is 1. The van der Waals surface area contributed by atoms with Crippen molar-refractivity contribution in [1.29, 1.82) is 0 Å². The Morgan fingerprint density at radius 3 is 2.54 bits per heavy atom. The van der Waals surface area contributed by atoms with Crippen molar-refractivity contribution in [1.82, 2.24) is 9.78 Å². The number of aromatic nitrogens is 2. The molecule has 0 saturated carbocycles. The van der Waals surface area contributed by atoms with Crippen LogP contribution in [0.15, 0.2) is 60.3 Å². The zero-order chi connectivity index (χ0) is 28.1. The number of carbonyl (C=O) groups excluding carboxylic acids is 1. The molecule has 4 aromatic rings. The van der Waals surface area contributed by atoms with Crippen molar-refractivity contribution in [3.8, 4) is 17.2 Å². The zero-order valence-electron chi connectivity index (χ0n) is 22.1. The number of hydrogen-bond donors (Lipinski definition) is 1. The minimum absolute atomic E-state index is 0.0437. The number of carbonyl (C=O) groups is 1. The predicted octanol–water partition coefficient (Wildman–Crippen LogP) is 5.68. The van der Waals surface area contributed by atoms with E-state index in [4.69, 9.17) is 10.5 Å². The molecule has 0 saturated heterocycles. The molecule has 7 nitrogen and oxygen atoms in total. The molecule has 0 spiro atoms.